The first kappa shape index (κ1) is 23.3. The number of hydrogen-bond acceptors (Lipinski definition) is 4. The average molecular weight is 413 g/mol. The van der Waals surface area contributed by atoms with Crippen LogP contribution in [0.15, 0.2) is 42.5 Å². The summed E-state index contributed by atoms with van der Waals surface area (Å²) >= 11 is 0. The summed E-state index contributed by atoms with van der Waals surface area (Å²) in [5.41, 5.74) is 2.20. The van der Waals surface area contributed by atoms with E-state index in [0.29, 0.717) is 36.8 Å². The van der Waals surface area contributed by atoms with Crippen LogP contribution in [0, 0.1) is 5.92 Å². The molecule has 6 nitrogen and oxygen atoms in total. The first-order valence-electron chi connectivity index (χ1n) is 10.5. The van der Waals surface area contributed by atoms with Gasteiger partial charge >= 0.3 is 0 Å². The summed E-state index contributed by atoms with van der Waals surface area (Å²) in [6, 6.07) is 12.7. The highest BCUT2D eigenvalue weighted by Gasteiger charge is 2.12. The molecule has 2 rings (SSSR count). The number of nitrogens with one attached hydrogen (secondary N) is 2. The quantitative estimate of drug-likeness (QED) is 0.556. The molecule has 0 unspecified atom stereocenters. The van der Waals surface area contributed by atoms with Crippen LogP contribution in [0.5, 0.6) is 11.5 Å². The van der Waals surface area contributed by atoms with Gasteiger partial charge in [-0.15, -0.1) is 0 Å². The van der Waals surface area contributed by atoms with E-state index in [-0.39, 0.29) is 17.7 Å². The Labute approximate surface area is 179 Å². The van der Waals surface area contributed by atoms with Gasteiger partial charge in [-0.3, -0.25) is 9.59 Å². The van der Waals surface area contributed by atoms with E-state index in [1.54, 1.807) is 18.2 Å². The smallest absolute Gasteiger partial charge is 0.251 e. The molecule has 0 radical (unpaired) electrons. The Balaban J connectivity index is 1.98. The van der Waals surface area contributed by atoms with Gasteiger partial charge in [-0.25, -0.2) is 0 Å². The van der Waals surface area contributed by atoms with Crippen molar-refractivity contribution in [3.8, 4) is 11.5 Å². The highest BCUT2D eigenvalue weighted by Crippen LogP contribution is 2.29. The number of benzene rings is 2. The van der Waals surface area contributed by atoms with Gasteiger partial charge < -0.3 is 20.1 Å². The summed E-state index contributed by atoms with van der Waals surface area (Å²) in [6.07, 6.45) is 1.77. The van der Waals surface area contributed by atoms with Gasteiger partial charge in [-0.2, -0.15) is 0 Å². The van der Waals surface area contributed by atoms with Crippen molar-refractivity contribution in [1.82, 2.24) is 5.32 Å². The highest BCUT2D eigenvalue weighted by atomic mass is 16.5. The zero-order valence-corrected chi connectivity index (χ0v) is 18.3. The minimum absolute atomic E-state index is 0.0245. The molecule has 0 aliphatic carbocycles. The number of hydrogen-bond donors (Lipinski definition) is 2. The van der Waals surface area contributed by atoms with Crippen LogP contribution in [0.25, 0.3) is 0 Å². The second-order valence-electron chi connectivity index (χ2n) is 7.38. The second kappa shape index (κ2) is 11.9. The van der Waals surface area contributed by atoms with Crippen LogP contribution in [-0.2, 0) is 11.3 Å². The first-order chi connectivity index (χ1) is 14.4. The van der Waals surface area contributed by atoms with E-state index in [1.165, 1.54) is 0 Å². The average Bonchev–Trinajstić information content (AvgIpc) is 2.75. The lowest BCUT2D eigenvalue weighted by atomic mass is 10.1. The molecular formula is C24H32N2O4. The molecule has 2 aromatic carbocycles. The van der Waals surface area contributed by atoms with Crippen LogP contribution in [0.3, 0.4) is 0 Å². The minimum atomic E-state index is -0.185. The lowest BCUT2D eigenvalue weighted by Crippen LogP contribution is -2.23. The maximum Gasteiger partial charge on any atom is 0.251 e. The fourth-order valence-corrected chi connectivity index (χ4v) is 2.58. The van der Waals surface area contributed by atoms with Crippen molar-refractivity contribution in [3.05, 3.63) is 53.6 Å². The van der Waals surface area contributed by atoms with Gasteiger partial charge in [0.05, 0.1) is 13.2 Å². The zero-order valence-electron chi connectivity index (χ0n) is 18.3. The molecule has 2 aromatic rings. The van der Waals surface area contributed by atoms with Gasteiger partial charge in [-0.1, -0.05) is 39.8 Å². The normalized spacial score (nSPS) is 10.6. The molecule has 162 valence electrons. The number of carbonyl (C=O) groups excluding carboxylic acids is 2. The molecule has 0 aliphatic rings. The lowest BCUT2D eigenvalue weighted by Gasteiger charge is -2.14. The van der Waals surface area contributed by atoms with E-state index in [9.17, 15) is 9.59 Å². The van der Waals surface area contributed by atoms with Crippen molar-refractivity contribution in [3.63, 3.8) is 0 Å². The third-order valence-corrected chi connectivity index (χ3v) is 4.33. The standard InChI is InChI=1S/C24H32N2O4/c1-5-13-29-21-12-9-19(15-22(21)30-14-6-2)24(28)25-16-18-7-10-20(11-8-18)26-23(27)17(3)4/h7-12,15,17H,5-6,13-14,16H2,1-4H3,(H,25,28)(H,26,27). The van der Waals surface area contributed by atoms with Gasteiger partial charge in [0.15, 0.2) is 11.5 Å². The van der Waals surface area contributed by atoms with Crippen LogP contribution >= 0.6 is 0 Å². The van der Waals surface area contributed by atoms with Crippen molar-refractivity contribution in [2.24, 2.45) is 5.92 Å². The molecule has 0 bridgehead atoms. The molecule has 0 aromatic heterocycles. The van der Waals surface area contributed by atoms with Crippen LogP contribution in [0.2, 0.25) is 0 Å². The summed E-state index contributed by atoms with van der Waals surface area (Å²) in [4.78, 5) is 24.3. The Bertz CT molecular complexity index is 832. The molecule has 0 heterocycles. The van der Waals surface area contributed by atoms with E-state index >= 15 is 0 Å². The van der Waals surface area contributed by atoms with Crippen LogP contribution in [0.4, 0.5) is 5.69 Å². The number of rotatable bonds is 11. The van der Waals surface area contributed by atoms with Gasteiger partial charge in [0.1, 0.15) is 0 Å². The van der Waals surface area contributed by atoms with E-state index in [4.69, 9.17) is 9.47 Å². The number of amides is 2. The molecule has 2 N–H and O–H groups in total. The van der Waals surface area contributed by atoms with Crippen molar-refractivity contribution < 1.29 is 19.1 Å². The molecule has 0 fully saturated rings. The van der Waals surface area contributed by atoms with Crippen molar-refractivity contribution in [2.75, 3.05) is 18.5 Å². The summed E-state index contributed by atoms with van der Waals surface area (Å²) in [7, 11) is 0. The predicted octanol–water partition coefficient (Wildman–Crippen LogP) is 4.79. The lowest BCUT2D eigenvalue weighted by molar-refractivity contribution is -0.118. The molecule has 0 atom stereocenters. The van der Waals surface area contributed by atoms with Gasteiger partial charge in [0.25, 0.3) is 5.91 Å². The van der Waals surface area contributed by atoms with Gasteiger partial charge in [-0.05, 0) is 48.7 Å². The van der Waals surface area contributed by atoms with Crippen molar-refractivity contribution in [1.29, 1.82) is 0 Å². The Morgan fingerprint density at radius 2 is 1.53 bits per heavy atom. The molecule has 30 heavy (non-hydrogen) atoms. The summed E-state index contributed by atoms with van der Waals surface area (Å²) < 4.78 is 11.5. The van der Waals surface area contributed by atoms with E-state index in [0.717, 1.165) is 24.1 Å². The van der Waals surface area contributed by atoms with Gasteiger partial charge in [0.2, 0.25) is 5.91 Å². The van der Waals surface area contributed by atoms with Crippen LogP contribution < -0.4 is 20.1 Å². The third kappa shape index (κ3) is 7.10. The number of carbonyl (C=O) groups is 2. The Morgan fingerprint density at radius 3 is 2.13 bits per heavy atom. The summed E-state index contributed by atoms with van der Waals surface area (Å²) in [5.74, 6) is 0.956. The fraction of sp³-hybridized carbons (Fsp3) is 0.417. The van der Waals surface area contributed by atoms with Crippen molar-refractivity contribution in [2.45, 2.75) is 47.1 Å². The zero-order chi connectivity index (χ0) is 21.9. The molecular weight excluding hydrogens is 380 g/mol. The Kier molecular flexibility index (Phi) is 9.19. The Morgan fingerprint density at radius 1 is 0.900 bits per heavy atom. The summed E-state index contributed by atoms with van der Waals surface area (Å²) in [5, 5.41) is 5.77. The first-order valence-corrected chi connectivity index (χ1v) is 10.5. The highest BCUT2D eigenvalue weighted by molar-refractivity contribution is 5.95. The Hall–Kier alpha value is -3.02. The molecule has 0 spiro atoms. The second-order valence-corrected chi connectivity index (χ2v) is 7.38. The van der Waals surface area contributed by atoms with E-state index < -0.39 is 0 Å². The van der Waals surface area contributed by atoms with Crippen molar-refractivity contribution >= 4 is 17.5 Å². The molecule has 0 aliphatic heterocycles. The minimum Gasteiger partial charge on any atom is -0.490 e. The number of ether oxygens (including phenoxy) is 2. The fourth-order valence-electron chi connectivity index (χ4n) is 2.58. The van der Waals surface area contributed by atoms with E-state index in [1.807, 2.05) is 52.0 Å². The topological polar surface area (TPSA) is 76.7 Å². The summed E-state index contributed by atoms with van der Waals surface area (Å²) in [6.45, 7) is 9.31. The number of anilines is 1. The third-order valence-electron chi connectivity index (χ3n) is 4.33. The van der Waals surface area contributed by atoms with Crippen LogP contribution in [0.1, 0.15) is 56.5 Å². The van der Waals surface area contributed by atoms with Gasteiger partial charge in [0, 0.05) is 23.7 Å². The molecule has 6 heteroatoms. The van der Waals surface area contributed by atoms with E-state index in [2.05, 4.69) is 10.6 Å². The molecule has 0 saturated carbocycles. The van der Waals surface area contributed by atoms with Crippen LogP contribution in [-0.4, -0.2) is 25.0 Å². The predicted molar refractivity (Wildman–Crippen MR) is 119 cm³/mol. The molecule has 2 amide bonds. The SMILES string of the molecule is CCCOc1ccc(C(=O)NCc2ccc(NC(=O)C(C)C)cc2)cc1OCCC. The monoisotopic (exact) mass is 412 g/mol. The maximum atomic E-state index is 12.6. The largest absolute Gasteiger partial charge is 0.490 e. The molecule has 0 saturated heterocycles. The maximum absolute atomic E-state index is 12.6.